The van der Waals surface area contributed by atoms with Crippen LogP contribution in [0.15, 0.2) is 0 Å². The molecule has 0 saturated heterocycles. The molecule has 0 bridgehead atoms. The molecular formula is C11H22O2S. The van der Waals surface area contributed by atoms with Gasteiger partial charge in [0.1, 0.15) is 0 Å². The minimum absolute atomic E-state index is 0.0237. The highest BCUT2D eigenvalue weighted by molar-refractivity contribution is 7.79. The molecule has 1 aliphatic carbocycles. The van der Waals surface area contributed by atoms with Crippen molar-refractivity contribution in [3.05, 3.63) is 0 Å². The molecule has 1 saturated carbocycles. The lowest BCUT2D eigenvalue weighted by Crippen LogP contribution is -2.23. The van der Waals surface area contributed by atoms with Crippen LogP contribution in [0.3, 0.4) is 0 Å². The SMILES string of the molecule is CC(C)C1(C)CCCC(S(=O)O)CC1. The van der Waals surface area contributed by atoms with Crippen LogP contribution < -0.4 is 0 Å². The first-order valence-electron chi connectivity index (χ1n) is 5.55. The van der Waals surface area contributed by atoms with Crippen molar-refractivity contribution in [1.82, 2.24) is 0 Å². The van der Waals surface area contributed by atoms with E-state index >= 15 is 0 Å². The van der Waals surface area contributed by atoms with Crippen molar-refractivity contribution in [2.75, 3.05) is 0 Å². The average molecular weight is 218 g/mol. The van der Waals surface area contributed by atoms with Crippen LogP contribution in [0.5, 0.6) is 0 Å². The zero-order valence-electron chi connectivity index (χ0n) is 9.45. The summed E-state index contributed by atoms with van der Waals surface area (Å²) < 4.78 is 20.1. The van der Waals surface area contributed by atoms with E-state index in [9.17, 15) is 4.21 Å². The second-order valence-electron chi connectivity index (χ2n) is 5.14. The van der Waals surface area contributed by atoms with Crippen molar-refractivity contribution >= 4 is 11.1 Å². The molecule has 0 aromatic rings. The molecule has 0 radical (unpaired) electrons. The van der Waals surface area contributed by atoms with Crippen LogP contribution in [-0.4, -0.2) is 14.0 Å². The lowest BCUT2D eigenvalue weighted by Gasteiger charge is -2.32. The topological polar surface area (TPSA) is 37.3 Å². The summed E-state index contributed by atoms with van der Waals surface area (Å²) in [5, 5.41) is 0.0237. The molecule has 0 spiro atoms. The maximum Gasteiger partial charge on any atom is 0.155 e. The van der Waals surface area contributed by atoms with Crippen LogP contribution >= 0.6 is 0 Å². The van der Waals surface area contributed by atoms with Gasteiger partial charge in [-0.3, -0.25) is 0 Å². The van der Waals surface area contributed by atoms with E-state index in [2.05, 4.69) is 20.8 Å². The molecule has 0 aromatic heterocycles. The largest absolute Gasteiger partial charge is 0.306 e. The first-order chi connectivity index (χ1) is 6.46. The summed E-state index contributed by atoms with van der Waals surface area (Å²) in [5.41, 5.74) is 0.383. The summed E-state index contributed by atoms with van der Waals surface area (Å²) in [7, 11) is 0. The number of rotatable bonds is 2. The molecule has 84 valence electrons. The van der Waals surface area contributed by atoms with Crippen LogP contribution in [0.2, 0.25) is 0 Å². The van der Waals surface area contributed by atoms with E-state index in [4.69, 9.17) is 4.55 Å². The first-order valence-corrected chi connectivity index (χ1v) is 6.72. The predicted octanol–water partition coefficient (Wildman–Crippen LogP) is 3.20. The van der Waals surface area contributed by atoms with Gasteiger partial charge in [0, 0.05) is 0 Å². The zero-order chi connectivity index (χ0) is 10.8. The molecule has 1 fully saturated rings. The van der Waals surface area contributed by atoms with Crippen LogP contribution in [0.4, 0.5) is 0 Å². The van der Waals surface area contributed by atoms with Gasteiger partial charge in [0.05, 0.1) is 5.25 Å². The van der Waals surface area contributed by atoms with E-state index in [1.54, 1.807) is 0 Å². The van der Waals surface area contributed by atoms with Gasteiger partial charge in [-0.05, 0) is 37.0 Å². The van der Waals surface area contributed by atoms with Gasteiger partial charge in [0.25, 0.3) is 0 Å². The molecule has 3 atom stereocenters. The van der Waals surface area contributed by atoms with Crippen molar-refractivity contribution in [3.63, 3.8) is 0 Å². The molecule has 1 N–H and O–H groups in total. The summed E-state index contributed by atoms with van der Waals surface area (Å²) >= 11 is -1.61. The minimum Gasteiger partial charge on any atom is -0.306 e. The molecule has 1 aliphatic rings. The Balaban J connectivity index is 2.60. The summed E-state index contributed by atoms with van der Waals surface area (Å²) in [6.07, 6.45) is 5.24. The minimum atomic E-state index is -1.61. The Kier molecular flexibility index (Phi) is 4.14. The van der Waals surface area contributed by atoms with Gasteiger partial charge in [-0.25, -0.2) is 4.21 Å². The standard InChI is InChI=1S/C11H22O2S/c1-9(2)11(3)7-4-5-10(6-8-11)14(12)13/h9-10H,4-8H2,1-3H3,(H,12,13). The maximum absolute atomic E-state index is 11.0. The summed E-state index contributed by atoms with van der Waals surface area (Å²) in [6, 6.07) is 0. The third-order valence-electron chi connectivity index (χ3n) is 3.99. The zero-order valence-corrected chi connectivity index (χ0v) is 10.3. The van der Waals surface area contributed by atoms with Crippen LogP contribution in [0.25, 0.3) is 0 Å². The van der Waals surface area contributed by atoms with Crippen molar-refractivity contribution in [2.45, 2.75) is 58.1 Å². The quantitative estimate of drug-likeness (QED) is 0.571. The third-order valence-corrected chi connectivity index (χ3v) is 5.03. The Bertz CT molecular complexity index is 215. The molecule has 14 heavy (non-hydrogen) atoms. The first kappa shape index (κ1) is 12.2. The molecular weight excluding hydrogens is 196 g/mol. The third kappa shape index (κ3) is 2.80. The Labute approximate surface area is 89.8 Å². The summed E-state index contributed by atoms with van der Waals surface area (Å²) in [6.45, 7) is 6.84. The van der Waals surface area contributed by atoms with Gasteiger partial charge in [0.15, 0.2) is 11.1 Å². The molecule has 3 unspecified atom stereocenters. The average Bonchev–Trinajstić information content (AvgIpc) is 2.28. The molecule has 3 heteroatoms. The monoisotopic (exact) mass is 218 g/mol. The lowest BCUT2D eigenvalue weighted by atomic mass is 9.73. The van der Waals surface area contributed by atoms with Crippen molar-refractivity contribution in [3.8, 4) is 0 Å². The molecule has 0 amide bonds. The predicted molar refractivity (Wildman–Crippen MR) is 60.6 cm³/mol. The van der Waals surface area contributed by atoms with Crippen LogP contribution in [0, 0.1) is 11.3 Å². The van der Waals surface area contributed by atoms with Gasteiger partial charge in [-0.1, -0.05) is 27.2 Å². The molecule has 0 aliphatic heterocycles. The van der Waals surface area contributed by atoms with E-state index in [1.807, 2.05) is 0 Å². The van der Waals surface area contributed by atoms with Crippen molar-refractivity contribution < 1.29 is 8.76 Å². The fourth-order valence-corrected chi connectivity index (χ4v) is 2.96. The fraction of sp³-hybridized carbons (Fsp3) is 1.00. The highest BCUT2D eigenvalue weighted by atomic mass is 32.2. The fourth-order valence-electron chi connectivity index (χ4n) is 2.27. The van der Waals surface area contributed by atoms with Crippen LogP contribution in [-0.2, 0) is 11.1 Å². The Hall–Kier alpha value is 0.110. The van der Waals surface area contributed by atoms with E-state index in [-0.39, 0.29) is 5.25 Å². The maximum atomic E-state index is 11.0. The summed E-state index contributed by atoms with van der Waals surface area (Å²) in [4.78, 5) is 0. The van der Waals surface area contributed by atoms with Crippen molar-refractivity contribution in [2.24, 2.45) is 11.3 Å². The highest BCUT2D eigenvalue weighted by Gasteiger charge is 2.32. The second kappa shape index (κ2) is 4.75. The molecule has 1 rings (SSSR count). The van der Waals surface area contributed by atoms with E-state index < -0.39 is 11.1 Å². The number of hydrogen-bond acceptors (Lipinski definition) is 1. The molecule has 0 aromatic carbocycles. The number of hydrogen-bond donors (Lipinski definition) is 1. The lowest BCUT2D eigenvalue weighted by molar-refractivity contribution is 0.185. The van der Waals surface area contributed by atoms with Crippen molar-refractivity contribution in [1.29, 1.82) is 0 Å². The van der Waals surface area contributed by atoms with Gasteiger partial charge in [-0.2, -0.15) is 0 Å². The van der Waals surface area contributed by atoms with Gasteiger partial charge in [0.2, 0.25) is 0 Å². The normalized spacial score (nSPS) is 36.8. The van der Waals surface area contributed by atoms with E-state index in [0.717, 1.165) is 25.7 Å². The highest BCUT2D eigenvalue weighted by Crippen LogP contribution is 2.41. The van der Waals surface area contributed by atoms with Gasteiger partial charge >= 0.3 is 0 Å². The Morgan fingerprint density at radius 1 is 1.36 bits per heavy atom. The smallest absolute Gasteiger partial charge is 0.155 e. The van der Waals surface area contributed by atoms with Gasteiger partial charge in [-0.15, -0.1) is 0 Å². The Morgan fingerprint density at radius 3 is 2.50 bits per heavy atom. The van der Waals surface area contributed by atoms with Gasteiger partial charge < -0.3 is 4.55 Å². The summed E-state index contributed by atoms with van der Waals surface area (Å²) in [5.74, 6) is 0.674. The van der Waals surface area contributed by atoms with E-state index in [1.165, 1.54) is 6.42 Å². The molecule has 2 nitrogen and oxygen atoms in total. The molecule has 0 heterocycles. The van der Waals surface area contributed by atoms with E-state index in [0.29, 0.717) is 11.3 Å². The second-order valence-corrected chi connectivity index (χ2v) is 6.36. The Morgan fingerprint density at radius 2 is 2.00 bits per heavy atom. The van der Waals surface area contributed by atoms with Crippen LogP contribution in [0.1, 0.15) is 52.9 Å².